The molecule has 12 aromatic carbocycles. The summed E-state index contributed by atoms with van der Waals surface area (Å²) in [5.74, 6) is 1.91. The second kappa shape index (κ2) is 17.4. The topological polar surface area (TPSA) is 48.5 Å². The fourth-order valence-electron chi connectivity index (χ4n) is 13.0. The lowest BCUT2D eigenvalue weighted by molar-refractivity contribution is 0.667. The third kappa shape index (κ3) is 6.99. The maximum absolute atomic E-state index is 5.21. The van der Waals surface area contributed by atoms with Crippen molar-refractivity contribution in [3.05, 3.63) is 272 Å². The molecule has 370 valence electrons. The highest BCUT2D eigenvalue weighted by Crippen LogP contribution is 2.54. The van der Waals surface area contributed by atoms with Crippen LogP contribution in [0.25, 0.3) is 144 Å². The minimum absolute atomic E-state index is 0.249. The van der Waals surface area contributed by atoms with Gasteiger partial charge in [-0.25, -0.2) is 15.0 Å². The van der Waals surface area contributed by atoms with Gasteiger partial charge in [-0.05, 0) is 127 Å². The monoisotopic (exact) mass is 1010 g/mol. The van der Waals surface area contributed by atoms with Crippen molar-refractivity contribution in [2.45, 2.75) is 19.3 Å². The van der Waals surface area contributed by atoms with Crippen LogP contribution in [-0.4, -0.2) is 24.1 Å². The molecule has 1 aliphatic carbocycles. The van der Waals surface area contributed by atoms with Crippen LogP contribution in [0.4, 0.5) is 0 Å². The fourth-order valence-corrected chi connectivity index (χ4v) is 13.0. The molecular weight excluding hydrogens is 959 g/mol. The van der Waals surface area contributed by atoms with Crippen molar-refractivity contribution in [1.29, 1.82) is 0 Å². The molecule has 5 nitrogen and oxygen atoms in total. The molecule has 0 bridgehead atoms. The van der Waals surface area contributed by atoms with E-state index in [0.29, 0.717) is 17.5 Å². The molecule has 0 radical (unpaired) electrons. The average molecular weight is 1010 g/mol. The second-order valence-electron chi connectivity index (χ2n) is 21.5. The Morgan fingerprint density at radius 2 is 0.810 bits per heavy atom. The second-order valence-corrected chi connectivity index (χ2v) is 21.5. The van der Waals surface area contributed by atoms with Crippen molar-refractivity contribution >= 4 is 65.2 Å². The summed E-state index contributed by atoms with van der Waals surface area (Å²) in [6, 6.07) is 94.6. The van der Waals surface area contributed by atoms with Gasteiger partial charge in [0.05, 0.1) is 27.8 Å². The highest BCUT2D eigenvalue weighted by Gasteiger charge is 2.38. The van der Waals surface area contributed by atoms with E-state index in [9.17, 15) is 0 Å². The molecule has 0 saturated carbocycles. The van der Waals surface area contributed by atoms with Crippen LogP contribution in [0.5, 0.6) is 0 Å². The van der Waals surface area contributed by atoms with E-state index < -0.39 is 0 Å². The molecule has 0 spiro atoms. The molecule has 79 heavy (non-hydrogen) atoms. The van der Waals surface area contributed by atoms with Crippen molar-refractivity contribution in [2.24, 2.45) is 0 Å². The van der Waals surface area contributed by atoms with Gasteiger partial charge in [-0.1, -0.05) is 208 Å². The van der Waals surface area contributed by atoms with Crippen LogP contribution in [0.15, 0.2) is 261 Å². The molecule has 3 aromatic heterocycles. The molecule has 0 aliphatic heterocycles. The number of para-hydroxylation sites is 1. The number of hydrogen-bond donors (Lipinski definition) is 0. The van der Waals surface area contributed by atoms with Crippen molar-refractivity contribution in [3.63, 3.8) is 0 Å². The number of rotatable bonds is 7. The lowest BCUT2D eigenvalue weighted by Gasteiger charge is -2.23. The lowest BCUT2D eigenvalue weighted by atomic mass is 9.80. The predicted octanol–water partition coefficient (Wildman–Crippen LogP) is 19.0. The Balaban J connectivity index is 0.910. The Morgan fingerprint density at radius 1 is 0.291 bits per heavy atom. The van der Waals surface area contributed by atoms with Crippen LogP contribution in [-0.2, 0) is 5.41 Å². The Bertz CT molecular complexity index is 4910. The van der Waals surface area contributed by atoms with E-state index in [1.54, 1.807) is 0 Å². The van der Waals surface area contributed by atoms with Crippen molar-refractivity contribution < 1.29 is 0 Å². The third-order valence-corrected chi connectivity index (χ3v) is 16.7. The van der Waals surface area contributed by atoms with Gasteiger partial charge in [0, 0.05) is 54.7 Å². The van der Waals surface area contributed by atoms with Gasteiger partial charge in [0.15, 0.2) is 17.5 Å². The Hall–Kier alpha value is -10.2. The van der Waals surface area contributed by atoms with Crippen LogP contribution < -0.4 is 0 Å². The molecule has 1 aliphatic rings. The smallest absolute Gasteiger partial charge is 0.164 e. The first-order valence-corrected chi connectivity index (χ1v) is 27.2. The third-order valence-electron chi connectivity index (χ3n) is 16.7. The molecule has 15 aromatic rings. The van der Waals surface area contributed by atoms with E-state index in [1.807, 2.05) is 36.4 Å². The van der Waals surface area contributed by atoms with E-state index >= 15 is 0 Å². The molecule has 0 unspecified atom stereocenters. The van der Waals surface area contributed by atoms with Crippen LogP contribution in [0.3, 0.4) is 0 Å². The largest absolute Gasteiger partial charge is 0.309 e. The predicted molar refractivity (Wildman–Crippen MR) is 328 cm³/mol. The van der Waals surface area contributed by atoms with E-state index in [0.717, 1.165) is 44.4 Å². The van der Waals surface area contributed by atoms with E-state index in [4.69, 9.17) is 15.0 Å². The Kier molecular flexibility index (Phi) is 9.91. The molecule has 5 heteroatoms. The lowest BCUT2D eigenvalue weighted by Crippen LogP contribution is -2.15. The molecule has 0 N–H and O–H groups in total. The quantitative estimate of drug-likeness (QED) is 0.160. The molecule has 0 saturated heterocycles. The minimum Gasteiger partial charge on any atom is -0.309 e. The van der Waals surface area contributed by atoms with Crippen molar-refractivity contribution in [3.8, 4) is 78.9 Å². The number of nitrogens with zero attached hydrogens (tertiary/aromatic N) is 5. The molecule has 3 heterocycles. The van der Waals surface area contributed by atoms with Crippen LogP contribution in [0.2, 0.25) is 0 Å². The molecule has 0 fully saturated rings. The first-order valence-electron chi connectivity index (χ1n) is 27.2. The van der Waals surface area contributed by atoms with Crippen molar-refractivity contribution in [1.82, 2.24) is 24.1 Å². The van der Waals surface area contributed by atoms with Gasteiger partial charge < -0.3 is 9.13 Å². The van der Waals surface area contributed by atoms with Gasteiger partial charge in [-0.15, -0.1) is 0 Å². The first kappa shape index (κ1) is 45.0. The highest BCUT2D eigenvalue weighted by atomic mass is 15.0. The summed E-state index contributed by atoms with van der Waals surface area (Å²) < 4.78 is 4.93. The number of aromatic nitrogens is 5. The summed E-state index contributed by atoms with van der Waals surface area (Å²) in [6.45, 7) is 4.81. The van der Waals surface area contributed by atoms with Crippen LogP contribution >= 0.6 is 0 Å². The summed E-state index contributed by atoms with van der Waals surface area (Å²) >= 11 is 0. The fraction of sp³-hybridized carbons (Fsp3) is 0.0405. The summed E-state index contributed by atoms with van der Waals surface area (Å²) in [5.41, 5.74) is 19.6. The zero-order valence-corrected chi connectivity index (χ0v) is 43.6. The number of benzene rings is 12. The van der Waals surface area contributed by atoms with Crippen LogP contribution in [0, 0.1) is 0 Å². The Labute approximate surface area is 457 Å². The van der Waals surface area contributed by atoms with E-state index in [2.05, 4.69) is 247 Å². The maximum Gasteiger partial charge on any atom is 0.164 e. The van der Waals surface area contributed by atoms with Gasteiger partial charge in [0.1, 0.15) is 0 Å². The van der Waals surface area contributed by atoms with Gasteiger partial charge in [0.25, 0.3) is 0 Å². The molecule has 16 rings (SSSR count). The van der Waals surface area contributed by atoms with Gasteiger partial charge in [0.2, 0.25) is 0 Å². The van der Waals surface area contributed by atoms with Crippen LogP contribution in [0.1, 0.15) is 25.0 Å². The summed E-state index contributed by atoms with van der Waals surface area (Å²) in [4.78, 5) is 15.5. The van der Waals surface area contributed by atoms with E-state index in [-0.39, 0.29) is 5.41 Å². The normalized spacial score (nSPS) is 12.8. The SMILES string of the molecule is CC1(C)c2cc3c(cc2-c2ccc4ccccc4c21)c1cc(-c2ccc4c(c2)c2ccccc2n4-c2cccc(-c4ccccc4)c2)ccc1n3-c1ccc(-c2nc(-c3ccccc3)nc(-c3ccccc3)n2)c2ccccc12. The molecule has 0 amide bonds. The first-order chi connectivity index (χ1) is 38.9. The average Bonchev–Trinajstić information content (AvgIpc) is 4.32. The number of fused-ring (bicyclic) bond motifs is 12. The Morgan fingerprint density at radius 3 is 1.52 bits per heavy atom. The van der Waals surface area contributed by atoms with E-state index in [1.165, 1.54) is 93.4 Å². The maximum atomic E-state index is 5.21. The van der Waals surface area contributed by atoms with Gasteiger partial charge >= 0.3 is 0 Å². The summed E-state index contributed by atoms with van der Waals surface area (Å²) in [5, 5.41) is 9.62. The minimum atomic E-state index is -0.249. The molecule has 0 atom stereocenters. The van der Waals surface area contributed by atoms with Crippen molar-refractivity contribution in [2.75, 3.05) is 0 Å². The molecular formula is C74H49N5. The van der Waals surface area contributed by atoms with Gasteiger partial charge in [-0.2, -0.15) is 0 Å². The summed E-state index contributed by atoms with van der Waals surface area (Å²) in [7, 11) is 0. The zero-order valence-electron chi connectivity index (χ0n) is 43.6. The zero-order chi connectivity index (χ0) is 52.3. The van der Waals surface area contributed by atoms with Gasteiger partial charge in [-0.3, -0.25) is 0 Å². The summed E-state index contributed by atoms with van der Waals surface area (Å²) in [6.07, 6.45) is 0. The highest BCUT2D eigenvalue weighted by molar-refractivity contribution is 6.16. The standard InChI is InChI=1S/C74H49N5/c1-74(2)64-45-69-63(44-60(64)58-36-33-47-21-12-13-28-54(47)70(58)74)62-43-52(51-34-38-67-61(42-51)57-31-16-17-32-65(57)78(67)53-27-18-26-50(41-53)46-19-6-3-7-20-46)35-39-68(62)79(69)66-40-37-59(55-29-14-15-30-56(55)66)73-76-71(48-22-8-4-9-23-48)75-72(77-73)49-24-10-5-11-25-49/h3-45H,1-2H3. The number of hydrogen-bond acceptors (Lipinski definition) is 3.